The monoisotopic (exact) mass is 263 g/mol. The van der Waals surface area contributed by atoms with Gasteiger partial charge < -0.3 is 10.5 Å². The molecule has 72 valence electrons. The number of ether oxygens (including phenoxy) is 1. The lowest BCUT2D eigenvalue weighted by Crippen LogP contribution is -2.01. The topological polar surface area (TPSA) is 35.2 Å². The molecule has 1 rings (SSSR count). The minimum Gasteiger partial charge on any atom is -0.492 e. The lowest BCUT2D eigenvalue weighted by atomic mass is 10.2. The number of hydrogen-bond acceptors (Lipinski definition) is 2. The third kappa shape index (κ3) is 2.86. The Balaban J connectivity index is 2.92. The first-order valence-corrected chi connectivity index (χ1v) is 5.26. The second kappa shape index (κ2) is 4.84. The summed E-state index contributed by atoms with van der Waals surface area (Å²) in [5, 5.41) is 0.592. The van der Waals surface area contributed by atoms with Crippen molar-refractivity contribution in [2.75, 3.05) is 6.61 Å². The van der Waals surface area contributed by atoms with Crippen LogP contribution in [-0.4, -0.2) is 6.61 Å². The summed E-state index contributed by atoms with van der Waals surface area (Å²) in [5.74, 6) is 0.695. The molecule has 0 aromatic heterocycles. The van der Waals surface area contributed by atoms with Crippen LogP contribution in [0.1, 0.15) is 17.4 Å². The molecule has 1 unspecified atom stereocenters. The number of nitrogens with two attached hydrogens (primary N) is 1. The van der Waals surface area contributed by atoms with Gasteiger partial charge in [0.2, 0.25) is 0 Å². The average Bonchev–Trinajstić information content (AvgIpc) is 2.08. The lowest BCUT2D eigenvalue weighted by molar-refractivity contribution is 0.340. The van der Waals surface area contributed by atoms with Crippen molar-refractivity contribution in [1.82, 2.24) is 0 Å². The summed E-state index contributed by atoms with van der Waals surface area (Å²) in [5.41, 5.74) is 6.56. The van der Waals surface area contributed by atoms with Crippen LogP contribution in [0.4, 0.5) is 0 Å². The molecule has 4 heteroatoms. The fourth-order valence-electron chi connectivity index (χ4n) is 0.961. The SMILES string of the molecule is CCOc1ccc(C(N)Br)cc1Cl. The van der Waals surface area contributed by atoms with Crippen LogP contribution in [0.5, 0.6) is 5.75 Å². The smallest absolute Gasteiger partial charge is 0.137 e. The quantitative estimate of drug-likeness (QED) is 0.672. The molecule has 2 N–H and O–H groups in total. The summed E-state index contributed by atoms with van der Waals surface area (Å²) in [4.78, 5) is -0.180. The largest absolute Gasteiger partial charge is 0.492 e. The molecule has 0 aliphatic carbocycles. The molecule has 0 radical (unpaired) electrons. The minimum atomic E-state index is -0.180. The fourth-order valence-corrected chi connectivity index (χ4v) is 1.49. The van der Waals surface area contributed by atoms with Crippen molar-refractivity contribution in [3.05, 3.63) is 28.8 Å². The van der Waals surface area contributed by atoms with Gasteiger partial charge in [0.15, 0.2) is 0 Å². The van der Waals surface area contributed by atoms with Crippen LogP contribution in [0, 0.1) is 0 Å². The summed E-state index contributed by atoms with van der Waals surface area (Å²) >= 11 is 9.21. The predicted molar refractivity (Wildman–Crippen MR) is 58.5 cm³/mol. The zero-order chi connectivity index (χ0) is 9.84. The highest BCUT2D eigenvalue weighted by Crippen LogP contribution is 2.28. The highest BCUT2D eigenvalue weighted by Gasteiger charge is 2.05. The maximum Gasteiger partial charge on any atom is 0.137 e. The first-order valence-electron chi connectivity index (χ1n) is 3.97. The van der Waals surface area contributed by atoms with Gasteiger partial charge in [0.05, 0.1) is 16.6 Å². The number of halogens is 2. The fraction of sp³-hybridized carbons (Fsp3) is 0.333. The van der Waals surface area contributed by atoms with Crippen LogP contribution in [0.25, 0.3) is 0 Å². The molecule has 1 aromatic carbocycles. The Morgan fingerprint density at radius 2 is 2.31 bits per heavy atom. The third-order valence-electron chi connectivity index (χ3n) is 1.57. The van der Waals surface area contributed by atoms with Crippen LogP contribution in [0.3, 0.4) is 0 Å². The number of alkyl halides is 1. The summed E-state index contributed by atoms with van der Waals surface area (Å²) in [6, 6.07) is 5.50. The molecule has 0 amide bonds. The van der Waals surface area contributed by atoms with Crippen LogP contribution >= 0.6 is 27.5 Å². The molecular formula is C9H11BrClNO. The van der Waals surface area contributed by atoms with Gasteiger partial charge in [-0.05, 0) is 24.6 Å². The van der Waals surface area contributed by atoms with Crippen molar-refractivity contribution >= 4 is 27.5 Å². The van der Waals surface area contributed by atoms with Crippen molar-refractivity contribution in [3.8, 4) is 5.75 Å². The summed E-state index contributed by atoms with van der Waals surface area (Å²) in [7, 11) is 0. The molecule has 2 nitrogen and oxygen atoms in total. The molecule has 13 heavy (non-hydrogen) atoms. The Kier molecular flexibility index (Phi) is 4.03. The lowest BCUT2D eigenvalue weighted by Gasteiger charge is -2.08. The Labute approximate surface area is 91.2 Å². The van der Waals surface area contributed by atoms with Gasteiger partial charge in [0.25, 0.3) is 0 Å². The van der Waals surface area contributed by atoms with Gasteiger partial charge in [-0.25, -0.2) is 0 Å². The number of benzene rings is 1. The maximum atomic E-state index is 5.95. The first-order chi connectivity index (χ1) is 6.15. The molecule has 1 atom stereocenters. The van der Waals surface area contributed by atoms with Gasteiger partial charge in [-0.15, -0.1) is 0 Å². The molecule has 0 aliphatic heterocycles. The summed E-state index contributed by atoms with van der Waals surface area (Å²) in [6.07, 6.45) is 0. The second-order valence-corrected chi connectivity index (χ2v) is 3.92. The van der Waals surface area contributed by atoms with E-state index < -0.39 is 0 Å². The van der Waals surface area contributed by atoms with Crippen molar-refractivity contribution in [3.63, 3.8) is 0 Å². The van der Waals surface area contributed by atoms with Crippen LogP contribution in [-0.2, 0) is 0 Å². The van der Waals surface area contributed by atoms with Crippen molar-refractivity contribution in [1.29, 1.82) is 0 Å². The van der Waals surface area contributed by atoms with Crippen molar-refractivity contribution in [2.24, 2.45) is 5.73 Å². The predicted octanol–water partition coefficient (Wildman–Crippen LogP) is 3.09. The molecule has 0 bridgehead atoms. The third-order valence-corrected chi connectivity index (χ3v) is 2.40. The zero-order valence-electron chi connectivity index (χ0n) is 7.26. The highest BCUT2D eigenvalue weighted by atomic mass is 79.9. The Bertz CT molecular complexity index is 291. The molecule has 0 heterocycles. The van der Waals surface area contributed by atoms with E-state index in [2.05, 4.69) is 15.9 Å². The average molecular weight is 265 g/mol. The first kappa shape index (κ1) is 10.8. The van der Waals surface area contributed by atoms with E-state index in [1.165, 1.54) is 0 Å². The molecule has 0 aliphatic rings. The Morgan fingerprint density at radius 3 is 2.77 bits per heavy atom. The van der Waals surface area contributed by atoms with Gasteiger partial charge in [-0.3, -0.25) is 0 Å². The van der Waals surface area contributed by atoms with E-state index in [1.54, 1.807) is 6.07 Å². The van der Waals surface area contributed by atoms with Crippen LogP contribution < -0.4 is 10.5 Å². The standard InChI is InChI=1S/C9H11BrClNO/c1-2-13-8-4-3-6(9(10)12)5-7(8)11/h3-5,9H,2,12H2,1H3. The summed E-state index contributed by atoms with van der Waals surface area (Å²) in [6.45, 7) is 2.53. The van der Waals surface area contributed by atoms with E-state index in [1.807, 2.05) is 19.1 Å². The molecule has 0 fully saturated rings. The Hall–Kier alpha value is -0.250. The van der Waals surface area contributed by atoms with Crippen LogP contribution in [0.15, 0.2) is 18.2 Å². The van der Waals surface area contributed by atoms with E-state index >= 15 is 0 Å². The van der Waals surface area contributed by atoms with Gasteiger partial charge in [-0.2, -0.15) is 0 Å². The second-order valence-electron chi connectivity index (χ2n) is 2.52. The van der Waals surface area contributed by atoms with E-state index in [-0.39, 0.29) is 4.95 Å². The summed E-state index contributed by atoms with van der Waals surface area (Å²) < 4.78 is 5.28. The van der Waals surface area contributed by atoms with Gasteiger partial charge in [-0.1, -0.05) is 33.6 Å². The van der Waals surface area contributed by atoms with E-state index in [9.17, 15) is 0 Å². The minimum absolute atomic E-state index is 0.180. The Morgan fingerprint density at radius 1 is 1.62 bits per heavy atom. The maximum absolute atomic E-state index is 5.95. The zero-order valence-corrected chi connectivity index (χ0v) is 9.60. The van der Waals surface area contributed by atoms with Crippen molar-refractivity contribution < 1.29 is 4.74 Å². The molecule has 0 spiro atoms. The van der Waals surface area contributed by atoms with Gasteiger partial charge in [0.1, 0.15) is 5.75 Å². The van der Waals surface area contributed by atoms with E-state index in [0.717, 1.165) is 5.56 Å². The van der Waals surface area contributed by atoms with E-state index in [0.29, 0.717) is 17.4 Å². The molecule has 0 saturated heterocycles. The molecular weight excluding hydrogens is 253 g/mol. The van der Waals surface area contributed by atoms with Gasteiger partial charge >= 0.3 is 0 Å². The van der Waals surface area contributed by atoms with E-state index in [4.69, 9.17) is 22.1 Å². The highest BCUT2D eigenvalue weighted by molar-refractivity contribution is 9.09. The number of rotatable bonds is 3. The van der Waals surface area contributed by atoms with Gasteiger partial charge in [0, 0.05) is 0 Å². The van der Waals surface area contributed by atoms with Crippen molar-refractivity contribution in [2.45, 2.75) is 11.9 Å². The molecule has 0 saturated carbocycles. The van der Waals surface area contributed by atoms with Crippen LogP contribution in [0.2, 0.25) is 5.02 Å². The number of hydrogen-bond donors (Lipinski definition) is 1. The molecule has 1 aromatic rings. The normalized spacial score (nSPS) is 12.6.